The van der Waals surface area contributed by atoms with Gasteiger partial charge >= 0.3 is 6.09 Å². The molecule has 2 heterocycles. The van der Waals surface area contributed by atoms with Crippen molar-refractivity contribution in [2.75, 3.05) is 13.1 Å². The van der Waals surface area contributed by atoms with Crippen LogP contribution in [0, 0.1) is 6.92 Å². The van der Waals surface area contributed by atoms with Crippen LogP contribution in [0.3, 0.4) is 0 Å². The van der Waals surface area contributed by atoms with Crippen molar-refractivity contribution in [3.63, 3.8) is 0 Å². The fourth-order valence-electron chi connectivity index (χ4n) is 3.40. The number of hydrogen-bond donors (Lipinski definition) is 2. The lowest BCUT2D eigenvalue weighted by atomic mass is 10.1. The van der Waals surface area contributed by atoms with Gasteiger partial charge < -0.3 is 24.7 Å². The van der Waals surface area contributed by atoms with Crippen molar-refractivity contribution < 1.29 is 14.3 Å². The molecule has 0 radical (unpaired) electrons. The summed E-state index contributed by atoms with van der Waals surface area (Å²) >= 11 is 0. The molecule has 2 rings (SSSR count). The van der Waals surface area contributed by atoms with Crippen LogP contribution < -0.4 is 10.6 Å². The summed E-state index contributed by atoms with van der Waals surface area (Å²) in [6.45, 7) is 16.8. The Morgan fingerprint density at radius 3 is 2.50 bits per heavy atom. The summed E-state index contributed by atoms with van der Waals surface area (Å²) < 4.78 is 13.6. The average Bonchev–Trinajstić information content (AvgIpc) is 3.04. The minimum Gasteiger partial charge on any atom is -0.444 e. The van der Waals surface area contributed by atoms with Crippen LogP contribution in [0.4, 0.5) is 4.79 Å². The Kier molecular flexibility index (Phi) is 7.33. The molecule has 0 aromatic carbocycles. The molecule has 2 N–H and O–H groups in total. The van der Waals surface area contributed by atoms with E-state index in [1.165, 1.54) is 0 Å². The molecule has 10 heteroatoms. The molecule has 1 aliphatic heterocycles. The number of aryl methyl sites for hydroxylation is 1. The first kappa shape index (κ1) is 23.9. The van der Waals surface area contributed by atoms with E-state index in [9.17, 15) is 4.79 Å². The lowest BCUT2D eigenvalue weighted by Crippen LogP contribution is -2.54. The summed E-state index contributed by atoms with van der Waals surface area (Å²) in [5, 5.41) is 14.8. The first-order chi connectivity index (χ1) is 13.9. The minimum atomic E-state index is -0.764. The molecule has 0 bridgehead atoms. The number of nitrogens with zero attached hydrogens (tertiary/aromatic N) is 5. The topological polar surface area (TPSA) is 106 Å². The predicted octanol–water partition coefficient (Wildman–Crippen LogP) is 1.94. The van der Waals surface area contributed by atoms with E-state index in [1.807, 2.05) is 67.0 Å². The van der Waals surface area contributed by atoms with Gasteiger partial charge in [0.25, 0.3) is 0 Å². The molecule has 0 aliphatic carbocycles. The minimum absolute atomic E-state index is 0.163. The highest BCUT2D eigenvalue weighted by atomic mass is 16.6. The van der Waals surface area contributed by atoms with E-state index in [2.05, 4.69) is 25.8 Å². The molecular weight excluding hydrogens is 386 g/mol. The first-order valence-electron chi connectivity index (χ1n) is 10.4. The second-order valence-electron chi connectivity index (χ2n) is 8.99. The Bertz CT molecular complexity index is 767. The van der Waals surface area contributed by atoms with E-state index in [1.54, 1.807) is 4.90 Å². The van der Waals surface area contributed by atoms with Gasteiger partial charge in [-0.15, -0.1) is 10.2 Å². The van der Waals surface area contributed by atoms with Gasteiger partial charge in [-0.25, -0.2) is 9.79 Å². The van der Waals surface area contributed by atoms with Gasteiger partial charge in [0.1, 0.15) is 23.7 Å². The van der Waals surface area contributed by atoms with Crippen LogP contribution in [0.5, 0.6) is 0 Å². The van der Waals surface area contributed by atoms with E-state index in [0.717, 1.165) is 11.6 Å². The third-order valence-corrected chi connectivity index (χ3v) is 4.90. The largest absolute Gasteiger partial charge is 0.444 e. The third-order valence-electron chi connectivity index (χ3n) is 4.90. The van der Waals surface area contributed by atoms with Crippen LogP contribution in [0.25, 0.3) is 0 Å². The molecule has 2 unspecified atom stereocenters. The average molecular weight is 424 g/mol. The molecule has 2 atom stereocenters. The Hall–Kier alpha value is -2.36. The van der Waals surface area contributed by atoms with Crippen LogP contribution >= 0.6 is 0 Å². The second kappa shape index (κ2) is 9.20. The van der Waals surface area contributed by atoms with Gasteiger partial charge in [0.15, 0.2) is 11.8 Å². The Labute approximate surface area is 179 Å². The molecule has 1 aliphatic rings. The number of guanidine groups is 1. The standard InChI is InChI=1S/C20H37N7O3/c1-10-21-17(23-12-16-25-24-14(3)26(16)9)22-11-15-13(2)29-20(7,8)27(15)18(28)30-19(4,5)6/h13,15H,10-12H2,1-9H3,(H2,21,22,23). The number of amides is 1. The molecule has 1 aromatic rings. The van der Waals surface area contributed by atoms with Crippen molar-refractivity contribution in [2.45, 2.75) is 85.4 Å². The predicted molar refractivity (Wildman–Crippen MR) is 115 cm³/mol. The fourth-order valence-corrected chi connectivity index (χ4v) is 3.40. The maximum absolute atomic E-state index is 12.9. The van der Waals surface area contributed by atoms with E-state index in [0.29, 0.717) is 25.6 Å². The number of aliphatic imine (C=N–C) groups is 1. The zero-order chi connectivity index (χ0) is 22.7. The van der Waals surface area contributed by atoms with Crippen LogP contribution in [0.15, 0.2) is 4.99 Å². The summed E-state index contributed by atoms with van der Waals surface area (Å²) in [6.07, 6.45) is -0.551. The van der Waals surface area contributed by atoms with Crippen LogP contribution in [-0.2, 0) is 23.1 Å². The zero-order valence-corrected chi connectivity index (χ0v) is 19.7. The fraction of sp³-hybridized carbons (Fsp3) is 0.800. The maximum Gasteiger partial charge on any atom is 0.412 e. The Balaban J connectivity index is 2.12. The summed E-state index contributed by atoms with van der Waals surface area (Å²) in [5.41, 5.74) is -1.35. The smallest absolute Gasteiger partial charge is 0.412 e. The van der Waals surface area contributed by atoms with Gasteiger partial charge in [0.05, 0.1) is 12.1 Å². The number of rotatable bonds is 5. The van der Waals surface area contributed by atoms with Crippen LogP contribution in [0.2, 0.25) is 0 Å². The third kappa shape index (κ3) is 5.84. The molecule has 1 amide bonds. The van der Waals surface area contributed by atoms with Gasteiger partial charge in [-0.2, -0.15) is 0 Å². The lowest BCUT2D eigenvalue weighted by Gasteiger charge is -2.35. The summed E-state index contributed by atoms with van der Waals surface area (Å²) in [5.74, 6) is 2.25. The number of ether oxygens (including phenoxy) is 2. The number of carbonyl (C=O) groups excluding carboxylic acids is 1. The summed E-state index contributed by atoms with van der Waals surface area (Å²) in [6, 6.07) is -0.212. The lowest BCUT2D eigenvalue weighted by molar-refractivity contribution is -0.0755. The Morgan fingerprint density at radius 2 is 1.97 bits per heavy atom. The molecule has 0 spiro atoms. The quantitative estimate of drug-likeness (QED) is 0.551. The van der Waals surface area contributed by atoms with Crippen molar-refractivity contribution in [1.29, 1.82) is 0 Å². The molecule has 1 aromatic heterocycles. The molecule has 1 fully saturated rings. The maximum atomic E-state index is 12.9. The van der Waals surface area contributed by atoms with Gasteiger partial charge in [0.2, 0.25) is 0 Å². The van der Waals surface area contributed by atoms with Crippen molar-refractivity contribution in [3.05, 3.63) is 11.6 Å². The SMILES string of the molecule is CCNC(=NCc1nnc(C)n1C)NCC1C(C)OC(C)(C)N1C(=O)OC(C)(C)C. The molecule has 1 saturated heterocycles. The second-order valence-corrected chi connectivity index (χ2v) is 8.99. The van der Waals surface area contributed by atoms with Gasteiger partial charge in [0, 0.05) is 20.1 Å². The van der Waals surface area contributed by atoms with Crippen molar-refractivity contribution in [1.82, 2.24) is 30.3 Å². The molecule has 170 valence electrons. The van der Waals surface area contributed by atoms with E-state index in [4.69, 9.17) is 9.47 Å². The van der Waals surface area contributed by atoms with Crippen molar-refractivity contribution in [2.24, 2.45) is 12.0 Å². The normalized spacial score (nSPS) is 21.6. The molecule has 10 nitrogen and oxygen atoms in total. The van der Waals surface area contributed by atoms with E-state index >= 15 is 0 Å². The molecular formula is C20H37N7O3. The van der Waals surface area contributed by atoms with E-state index < -0.39 is 11.3 Å². The summed E-state index contributed by atoms with van der Waals surface area (Å²) in [4.78, 5) is 19.2. The molecule has 0 saturated carbocycles. The highest BCUT2D eigenvalue weighted by Crippen LogP contribution is 2.33. The number of hydrogen-bond acceptors (Lipinski definition) is 6. The monoisotopic (exact) mass is 423 g/mol. The number of aromatic nitrogens is 3. The first-order valence-corrected chi connectivity index (χ1v) is 10.4. The van der Waals surface area contributed by atoms with Gasteiger partial charge in [-0.05, 0) is 55.4 Å². The zero-order valence-electron chi connectivity index (χ0n) is 19.7. The highest BCUT2D eigenvalue weighted by Gasteiger charge is 2.49. The van der Waals surface area contributed by atoms with Crippen molar-refractivity contribution >= 4 is 12.1 Å². The highest BCUT2D eigenvalue weighted by molar-refractivity contribution is 5.80. The van der Waals surface area contributed by atoms with Gasteiger partial charge in [-0.1, -0.05) is 0 Å². The van der Waals surface area contributed by atoms with Crippen LogP contribution in [-0.4, -0.2) is 68.3 Å². The van der Waals surface area contributed by atoms with Crippen LogP contribution in [0.1, 0.15) is 60.1 Å². The number of nitrogens with one attached hydrogen (secondary N) is 2. The molecule has 30 heavy (non-hydrogen) atoms. The van der Waals surface area contributed by atoms with E-state index in [-0.39, 0.29) is 18.2 Å². The number of carbonyl (C=O) groups is 1. The van der Waals surface area contributed by atoms with Gasteiger partial charge in [-0.3, -0.25) is 4.90 Å². The van der Waals surface area contributed by atoms with Crippen molar-refractivity contribution in [3.8, 4) is 0 Å². The Morgan fingerprint density at radius 1 is 1.30 bits per heavy atom. The summed E-state index contributed by atoms with van der Waals surface area (Å²) in [7, 11) is 1.92.